The van der Waals surface area contributed by atoms with Gasteiger partial charge in [-0.3, -0.25) is 0 Å². The maximum absolute atomic E-state index is 8.88. The van der Waals surface area contributed by atoms with Crippen molar-refractivity contribution in [2.75, 3.05) is 6.61 Å². The summed E-state index contributed by atoms with van der Waals surface area (Å²) in [6.45, 7) is 3.27. The number of nitriles is 1. The largest absolute Gasteiger partial charge is 0.378 e. The minimum atomic E-state index is 0.295. The average molecular weight is 277 g/mol. The summed E-state index contributed by atoms with van der Waals surface area (Å²) in [5.74, 6) is 2.28. The molecule has 2 fully saturated rings. The lowest BCUT2D eigenvalue weighted by atomic mass is 9.79. The molecule has 0 saturated heterocycles. The van der Waals surface area contributed by atoms with Gasteiger partial charge in [-0.25, -0.2) is 0 Å². The quantitative estimate of drug-likeness (QED) is 0.634. The summed E-state index contributed by atoms with van der Waals surface area (Å²) in [5, 5.41) is 8.88. The maximum atomic E-state index is 8.88. The lowest BCUT2D eigenvalue weighted by Gasteiger charge is -2.28. The number of rotatable bonds is 6. The van der Waals surface area contributed by atoms with Crippen LogP contribution in [-0.2, 0) is 4.74 Å². The van der Waals surface area contributed by atoms with Crippen LogP contribution in [0.1, 0.15) is 77.6 Å². The summed E-state index contributed by atoms with van der Waals surface area (Å²) in [5.41, 5.74) is 0. The minimum Gasteiger partial charge on any atom is -0.378 e. The van der Waals surface area contributed by atoms with E-state index in [0.29, 0.717) is 12.0 Å². The zero-order valence-corrected chi connectivity index (χ0v) is 13.2. The standard InChI is InChI=1S/C18H31NO/c1-2-15-5-7-16(8-6-15)4-3-13-20-18-11-9-17(14-19)10-12-18/h15-18H,2-13H2,1H3. The highest BCUT2D eigenvalue weighted by molar-refractivity contribution is 4.87. The zero-order chi connectivity index (χ0) is 14.2. The van der Waals surface area contributed by atoms with E-state index in [2.05, 4.69) is 13.0 Å². The second-order valence-electron chi connectivity index (χ2n) is 6.91. The highest BCUT2D eigenvalue weighted by Gasteiger charge is 2.22. The van der Waals surface area contributed by atoms with Gasteiger partial charge in [0.25, 0.3) is 0 Å². The molecule has 0 N–H and O–H groups in total. The van der Waals surface area contributed by atoms with E-state index in [9.17, 15) is 0 Å². The summed E-state index contributed by atoms with van der Waals surface area (Å²) in [6.07, 6.45) is 14.5. The van der Waals surface area contributed by atoms with Crippen molar-refractivity contribution in [3.63, 3.8) is 0 Å². The number of hydrogen-bond acceptors (Lipinski definition) is 2. The van der Waals surface area contributed by atoms with E-state index in [1.54, 1.807) is 0 Å². The Morgan fingerprint density at radius 3 is 2.20 bits per heavy atom. The highest BCUT2D eigenvalue weighted by atomic mass is 16.5. The van der Waals surface area contributed by atoms with Crippen molar-refractivity contribution in [3.8, 4) is 6.07 Å². The molecule has 0 radical (unpaired) electrons. The fourth-order valence-corrected chi connectivity index (χ4v) is 3.91. The first-order valence-electron chi connectivity index (χ1n) is 8.83. The molecule has 0 bridgehead atoms. The van der Waals surface area contributed by atoms with Crippen LogP contribution in [0.5, 0.6) is 0 Å². The van der Waals surface area contributed by atoms with Gasteiger partial charge in [0.1, 0.15) is 0 Å². The van der Waals surface area contributed by atoms with E-state index in [4.69, 9.17) is 10.00 Å². The molecule has 20 heavy (non-hydrogen) atoms. The Bertz CT molecular complexity index is 293. The molecule has 0 heterocycles. The maximum Gasteiger partial charge on any atom is 0.0655 e. The van der Waals surface area contributed by atoms with Crippen LogP contribution in [0.4, 0.5) is 0 Å². The van der Waals surface area contributed by atoms with Crippen LogP contribution in [0.2, 0.25) is 0 Å². The second kappa shape index (κ2) is 8.67. The molecule has 0 unspecified atom stereocenters. The molecule has 114 valence electrons. The fourth-order valence-electron chi connectivity index (χ4n) is 3.91. The predicted octanol–water partition coefficient (Wildman–Crippen LogP) is 5.08. The second-order valence-corrected chi connectivity index (χ2v) is 6.91. The minimum absolute atomic E-state index is 0.295. The van der Waals surface area contributed by atoms with Crippen molar-refractivity contribution in [3.05, 3.63) is 0 Å². The van der Waals surface area contributed by atoms with Crippen molar-refractivity contribution < 1.29 is 4.74 Å². The number of hydrogen-bond donors (Lipinski definition) is 0. The molecule has 0 atom stereocenters. The topological polar surface area (TPSA) is 33.0 Å². The molecule has 2 aliphatic rings. The van der Waals surface area contributed by atoms with Crippen LogP contribution >= 0.6 is 0 Å². The van der Waals surface area contributed by atoms with Gasteiger partial charge in [0.05, 0.1) is 12.2 Å². The van der Waals surface area contributed by atoms with Crippen LogP contribution in [0.15, 0.2) is 0 Å². The van der Waals surface area contributed by atoms with Crippen LogP contribution in [0.3, 0.4) is 0 Å². The van der Waals surface area contributed by atoms with E-state index < -0.39 is 0 Å². The molecule has 2 aliphatic carbocycles. The van der Waals surface area contributed by atoms with E-state index in [1.165, 1.54) is 44.9 Å². The Labute approximate surface area is 124 Å². The fraction of sp³-hybridized carbons (Fsp3) is 0.944. The van der Waals surface area contributed by atoms with Gasteiger partial charge in [0.15, 0.2) is 0 Å². The molecule has 2 heteroatoms. The van der Waals surface area contributed by atoms with Gasteiger partial charge in [0, 0.05) is 12.5 Å². The summed E-state index contributed by atoms with van der Waals surface area (Å²) >= 11 is 0. The smallest absolute Gasteiger partial charge is 0.0655 e. The van der Waals surface area contributed by atoms with Gasteiger partial charge in [-0.05, 0) is 50.4 Å². The van der Waals surface area contributed by atoms with Gasteiger partial charge in [0.2, 0.25) is 0 Å². The van der Waals surface area contributed by atoms with Crippen molar-refractivity contribution in [1.29, 1.82) is 5.26 Å². The first-order valence-corrected chi connectivity index (χ1v) is 8.83. The predicted molar refractivity (Wildman–Crippen MR) is 82.3 cm³/mol. The van der Waals surface area contributed by atoms with Gasteiger partial charge in [-0.15, -0.1) is 0 Å². The average Bonchev–Trinajstić information content (AvgIpc) is 2.53. The Morgan fingerprint density at radius 2 is 1.60 bits per heavy atom. The molecule has 0 amide bonds. The Kier molecular flexibility index (Phi) is 6.87. The Morgan fingerprint density at radius 1 is 0.950 bits per heavy atom. The van der Waals surface area contributed by atoms with Gasteiger partial charge >= 0.3 is 0 Å². The van der Waals surface area contributed by atoms with Crippen LogP contribution in [0.25, 0.3) is 0 Å². The Hall–Kier alpha value is -0.550. The summed E-state index contributed by atoms with van der Waals surface area (Å²) < 4.78 is 6.00. The molecule has 0 spiro atoms. The van der Waals surface area contributed by atoms with Crippen molar-refractivity contribution >= 4 is 0 Å². The van der Waals surface area contributed by atoms with Gasteiger partial charge < -0.3 is 4.74 Å². The number of ether oxygens (including phenoxy) is 1. The molecule has 2 nitrogen and oxygen atoms in total. The van der Waals surface area contributed by atoms with Crippen molar-refractivity contribution in [2.45, 2.75) is 83.7 Å². The number of nitrogens with zero attached hydrogens (tertiary/aromatic N) is 1. The third-order valence-corrected chi connectivity index (χ3v) is 5.51. The molecule has 0 aromatic rings. The summed E-state index contributed by atoms with van der Waals surface area (Å²) in [4.78, 5) is 0. The molecule has 0 aromatic heterocycles. The third-order valence-electron chi connectivity index (χ3n) is 5.51. The van der Waals surface area contributed by atoms with E-state index in [-0.39, 0.29) is 0 Å². The molecule has 2 saturated carbocycles. The van der Waals surface area contributed by atoms with E-state index in [0.717, 1.165) is 44.1 Å². The van der Waals surface area contributed by atoms with E-state index in [1.807, 2.05) is 0 Å². The van der Waals surface area contributed by atoms with Crippen molar-refractivity contribution in [2.24, 2.45) is 17.8 Å². The third kappa shape index (κ3) is 5.09. The molecular formula is C18H31NO. The molecule has 2 rings (SSSR count). The van der Waals surface area contributed by atoms with Gasteiger partial charge in [-0.1, -0.05) is 39.0 Å². The Balaban J connectivity index is 1.49. The monoisotopic (exact) mass is 277 g/mol. The molecule has 0 aromatic carbocycles. The lowest BCUT2D eigenvalue weighted by molar-refractivity contribution is 0.0187. The summed E-state index contributed by atoms with van der Waals surface area (Å²) in [7, 11) is 0. The first kappa shape index (κ1) is 15.8. The van der Waals surface area contributed by atoms with Crippen LogP contribution in [0, 0.1) is 29.1 Å². The first-order chi connectivity index (χ1) is 9.81. The highest BCUT2D eigenvalue weighted by Crippen LogP contribution is 2.33. The molecule has 0 aliphatic heterocycles. The summed E-state index contributed by atoms with van der Waals surface area (Å²) in [6, 6.07) is 2.39. The van der Waals surface area contributed by atoms with E-state index >= 15 is 0 Å². The van der Waals surface area contributed by atoms with Gasteiger partial charge in [-0.2, -0.15) is 5.26 Å². The SMILES string of the molecule is CCC1CCC(CCCOC2CCC(C#N)CC2)CC1. The zero-order valence-electron chi connectivity index (χ0n) is 13.2. The lowest BCUT2D eigenvalue weighted by Crippen LogP contribution is -2.22. The van der Waals surface area contributed by atoms with Crippen LogP contribution < -0.4 is 0 Å². The normalized spacial score (nSPS) is 34.6. The molecular weight excluding hydrogens is 246 g/mol. The van der Waals surface area contributed by atoms with Crippen LogP contribution in [-0.4, -0.2) is 12.7 Å². The van der Waals surface area contributed by atoms with Crippen molar-refractivity contribution in [1.82, 2.24) is 0 Å².